The zero-order chi connectivity index (χ0) is 11.3. The minimum atomic E-state index is -0.00162. The van der Waals surface area contributed by atoms with Gasteiger partial charge < -0.3 is 15.0 Å². The molecule has 1 aliphatic heterocycles. The largest absolute Gasteiger partial charge is 0.369 e. The fourth-order valence-corrected chi connectivity index (χ4v) is 1.74. The number of amides is 1. The molecule has 0 saturated carbocycles. The molecule has 0 aromatic heterocycles. The zero-order valence-electron chi connectivity index (χ0n) is 9.95. The molecule has 4 heteroatoms. The van der Waals surface area contributed by atoms with Crippen LogP contribution in [0.1, 0.15) is 20.3 Å². The highest BCUT2D eigenvalue weighted by atomic mass is 16.5. The van der Waals surface area contributed by atoms with Crippen molar-refractivity contribution in [3.05, 3.63) is 0 Å². The Labute approximate surface area is 92.0 Å². The molecular weight excluding hydrogens is 192 g/mol. The molecule has 88 valence electrons. The van der Waals surface area contributed by atoms with Gasteiger partial charge in [0.15, 0.2) is 0 Å². The highest BCUT2D eigenvalue weighted by Crippen LogP contribution is 2.12. The number of carbonyl (C=O) groups is 1. The first-order chi connectivity index (χ1) is 7.08. The summed E-state index contributed by atoms with van der Waals surface area (Å²) in [5.74, 6) is 0.608. The highest BCUT2D eigenvalue weighted by Gasteiger charge is 2.19. The van der Waals surface area contributed by atoms with E-state index in [9.17, 15) is 4.79 Å². The first-order valence-corrected chi connectivity index (χ1v) is 5.64. The van der Waals surface area contributed by atoms with Crippen molar-refractivity contribution < 1.29 is 9.53 Å². The van der Waals surface area contributed by atoms with Gasteiger partial charge in [0.25, 0.3) is 0 Å². The summed E-state index contributed by atoms with van der Waals surface area (Å²) in [6.45, 7) is 7.05. The van der Waals surface area contributed by atoms with Crippen molar-refractivity contribution in [1.82, 2.24) is 10.2 Å². The van der Waals surface area contributed by atoms with Gasteiger partial charge in [-0.1, -0.05) is 0 Å². The van der Waals surface area contributed by atoms with Crippen LogP contribution in [0.25, 0.3) is 0 Å². The van der Waals surface area contributed by atoms with E-state index in [1.807, 2.05) is 13.8 Å². The van der Waals surface area contributed by atoms with Crippen LogP contribution >= 0.6 is 0 Å². The Balaban J connectivity index is 2.06. The van der Waals surface area contributed by atoms with Crippen LogP contribution in [0.5, 0.6) is 0 Å². The van der Waals surface area contributed by atoms with E-state index in [-0.39, 0.29) is 18.6 Å². The molecule has 0 aromatic carbocycles. The maximum atomic E-state index is 11.3. The molecule has 1 unspecified atom stereocenters. The van der Waals surface area contributed by atoms with E-state index in [0.29, 0.717) is 5.92 Å². The lowest BCUT2D eigenvalue weighted by Crippen LogP contribution is -2.33. The number of ether oxygens (including phenoxy) is 1. The second kappa shape index (κ2) is 6.08. The average Bonchev–Trinajstić information content (AvgIpc) is 2.58. The standard InChI is InChI=1S/C11H22N2O2/c1-9(2)15-8-11(14)12-6-10-4-5-13(3)7-10/h9-10H,4-8H2,1-3H3,(H,12,14). The number of nitrogens with zero attached hydrogens (tertiary/aromatic N) is 1. The van der Waals surface area contributed by atoms with Crippen LogP contribution < -0.4 is 5.32 Å². The van der Waals surface area contributed by atoms with Crippen molar-refractivity contribution in [2.24, 2.45) is 5.92 Å². The lowest BCUT2D eigenvalue weighted by Gasteiger charge is -2.12. The Hall–Kier alpha value is -0.610. The Morgan fingerprint density at radius 3 is 2.87 bits per heavy atom. The molecule has 15 heavy (non-hydrogen) atoms. The maximum absolute atomic E-state index is 11.3. The molecule has 0 aliphatic carbocycles. The monoisotopic (exact) mass is 214 g/mol. The Kier molecular flexibility index (Phi) is 5.05. The van der Waals surface area contributed by atoms with E-state index in [1.54, 1.807) is 0 Å². The van der Waals surface area contributed by atoms with Gasteiger partial charge in [-0.3, -0.25) is 4.79 Å². The molecule has 0 bridgehead atoms. The number of hydrogen-bond acceptors (Lipinski definition) is 3. The molecule has 1 aliphatic rings. The molecule has 1 heterocycles. The van der Waals surface area contributed by atoms with Gasteiger partial charge in [-0.05, 0) is 39.8 Å². The second-order valence-corrected chi connectivity index (χ2v) is 4.58. The topological polar surface area (TPSA) is 41.6 Å². The van der Waals surface area contributed by atoms with Crippen molar-refractivity contribution in [2.75, 3.05) is 33.3 Å². The summed E-state index contributed by atoms with van der Waals surface area (Å²) in [6.07, 6.45) is 1.30. The molecule has 4 nitrogen and oxygen atoms in total. The SMILES string of the molecule is CC(C)OCC(=O)NCC1CCN(C)C1. The van der Waals surface area contributed by atoms with E-state index in [2.05, 4.69) is 17.3 Å². The third-order valence-electron chi connectivity index (χ3n) is 2.62. The predicted octanol–water partition coefficient (Wildman–Crippen LogP) is 0.479. The van der Waals surface area contributed by atoms with Gasteiger partial charge in [-0.15, -0.1) is 0 Å². The van der Waals surface area contributed by atoms with Crippen LogP contribution in [-0.4, -0.2) is 50.2 Å². The maximum Gasteiger partial charge on any atom is 0.246 e. The number of hydrogen-bond donors (Lipinski definition) is 1. The molecule has 1 amide bonds. The summed E-state index contributed by atoms with van der Waals surface area (Å²) in [5.41, 5.74) is 0. The van der Waals surface area contributed by atoms with E-state index < -0.39 is 0 Å². The van der Waals surface area contributed by atoms with E-state index in [0.717, 1.165) is 19.6 Å². The van der Waals surface area contributed by atoms with Crippen molar-refractivity contribution in [2.45, 2.75) is 26.4 Å². The minimum Gasteiger partial charge on any atom is -0.369 e. The Morgan fingerprint density at radius 2 is 2.33 bits per heavy atom. The lowest BCUT2D eigenvalue weighted by molar-refractivity contribution is -0.127. The normalized spacial score (nSPS) is 22.3. The third-order valence-corrected chi connectivity index (χ3v) is 2.62. The smallest absolute Gasteiger partial charge is 0.246 e. The van der Waals surface area contributed by atoms with E-state index >= 15 is 0 Å². The molecule has 1 atom stereocenters. The molecule has 1 N–H and O–H groups in total. The highest BCUT2D eigenvalue weighted by molar-refractivity contribution is 5.77. The molecule has 0 radical (unpaired) electrons. The molecule has 0 spiro atoms. The van der Waals surface area contributed by atoms with Gasteiger partial charge in [-0.2, -0.15) is 0 Å². The molecule has 0 aromatic rings. The third kappa shape index (κ3) is 5.14. The van der Waals surface area contributed by atoms with Crippen molar-refractivity contribution in [3.8, 4) is 0 Å². The summed E-state index contributed by atoms with van der Waals surface area (Å²) < 4.78 is 5.22. The summed E-state index contributed by atoms with van der Waals surface area (Å²) in [4.78, 5) is 13.6. The summed E-state index contributed by atoms with van der Waals surface area (Å²) in [6, 6.07) is 0. The fourth-order valence-electron chi connectivity index (χ4n) is 1.74. The number of rotatable bonds is 5. The predicted molar refractivity (Wildman–Crippen MR) is 59.7 cm³/mol. The van der Waals surface area contributed by atoms with Gasteiger partial charge in [0.2, 0.25) is 5.91 Å². The van der Waals surface area contributed by atoms with Crippen molar-refractivity contribution >= 4 is 5.91 Å². The van der Waals surface area contributed by atoms with Crippen LogP contribution in [0.3, 0.4) is 0 Å². The summed E-state index contributed by atoms with van der Waals surface area (Å²) in [5, 5.41) is 2.91. The van der Waals surface area contributed by atoms with Crippen molar-refractivity contribution in [1.29, 1.82) is 0 Å². The first kappa shape index (κ1) is 12.5. The van der Waals surface area contributed by atoms with Gasteiger partial charge in [0, 0.05) is 13.1 Å². The zero-order valence-corrected chi connectivity index (χ0v) is 9.95. The number of nitrogens with one attached hydrogen (secondary N) is 1. The average molecular weight is 214 g/mol. The lowest BCUT2D eigenvalue weighted by atomic mass is 10.1. The molecule has 1 rings (SSSR count). The van der Waals surface area contributed by atoms with Gasteiger partial charge in [0.05, 0.1) is 6.10 Å². The molecular formula is C11H22N2O2. The summed E-state index contributed by atoms with van der Waals surface area (Å²) in [7, 11) is 2.11. The van der Waals surface area contributed by atoms with Crippen LogP contribution in [0, 0.1) is 5.92 Å². The number of carbonyl (C=O) groups excluding carboxylic acids is 1. The van der Waals surface area contributed by atoms with Gasteiger partial charge in [-0.25, -0.2) is 0 Å². The summed E-state index contributed by atoms with van der Waals surface area (Å²) >= 11 is 0. The molecule has 1 fully saturated rings. The number of likely N-dealkylation sites (tertiary alicyclic amines) is 1. The molecule has 1 saturated heterocycles. The quantitative estimate of drug-likeness (QED) is 0.724. The fraction of sp³-hybridized carbons (Fsp3) is 0.909. The van der Waals surface area contributed by atoms with E-state index in [4.69, 9.17) is 4.74 Å². The van der Waals surface area contributed by atoms with Crippen LogP contribution in [-0.2, 0) is 9.53 Å². The Morgan fingerprint density at radius 1 is 1.60 bits per heavy atom. The minimum absolute atomic E-state index is 0.00162. The van der Waals surface area contributed by atoms with E-state index in [1.165, 1.54) is 6.42 Å². The van der Waals surface area contributed by atoms with Gasteiger partial charge >= 0.3 is 0 Å². The van der Waals surface area contributed by atoms with Gasteiger partial charge in [0.1, 0.15) is 6.61 Å². The van der Waals surface area contributed by atoms with Crippen molar-refractivity contribution in [3.63, 3.8) is 0 Å². The van der Waals surface area contributed by atoms with Crippen LogP contribution in [0.4, 0.5) is 0 Å². The Bertz CT molecular complexity index is 207. The second-order valence-electron chi connectivity index (χ2n) is 4.58. The first-order valence-electron chi connectivity index (χ1n) is 5.64. The van der Waals surface area contributed by atoms with Crippen LogP contribution in [0.2, 0.25) is 0 Å². The van der Waals surface area contributed by atoms with Crippen LogP contribution in [0.15, 0.2) is 0 Å².